The molecule has 2 aliphatic rings. The molecule has 0 radical (unpaired) electrons. The second-order valence-electron chi connectivity index (χ2n) is 5.94. The Kier molecular flexibility index (Phi) is 3.93. The molecule has 2 rings (SSSR count). The minimum absolute atomic E-state index is 0.124. The number of nitrogens with one attached hydrogen (secondary N) is 2. The van der Waals surface area contributed by atoms with Crippen molar-refractivity contribution in [1.82, 2.24) is 10.6 Å². The molecule has 1 amide bonds. The van der Waals surface area contributed by atoms with Gasteiger partial charge in [-0.15, -0.1) is 0 Å². The Morgan fingerprint density at radius 3 is 2.83 bits per heavy atom. The molecule has 0 aromatic rings. The average Bonchev–Trinajstić information content (AvgIpc) is 2.49. The van der Waals surface area contributed by atoms with Crippen molar-refractivity contribution in [3.8, 4) is 0 Å². The van der Waals surface area contributed by atoms with E-state index in [1.165, 1.54) is 12.8 Å². The Hall–Kier alpha value is -1.06. The fraction of sp³-hybridized carbons (Fsp3) is 0.857. The van der Waals surface area contributed by atoms with E-state index in [1.807, 2.05) is 13.8 Å². The van der Waals surface area contributed by atoms with Crippen molar-refractivity contribution < 1.29 is 4.79 Å². The molecule has 2 N–H and O–H groups in total. The minimum Gasteiger partial charge on any atom is -0.342 e. The minimum atomic E-state index is -0.377. The molecule has 2 unspecified atom stereocenters. The van der Waals surface area contributed by atoms with Crippen molar-refractivity contribution in [2.24, 2.45) is 10.9 Å². The lowest BCUT2D eigenvalue weighted by molar-refractivity contribution is -0.124. The van der Waals surface area contributed by atoms with Crippen LogP contribution in [0.5, 0.6) is 0 Å². The van der Waals surface area contributed by atoms with Gasteiger partial charge in [0.05, 0.1) is 0 Å². The van der Waals surface area contributed by atoms with E-state index in [-0.39, 0.29) is 17.5 Å². The Morgan fingerprint density at radius 1 is 1.39 bits per heavy atom. The second kappa shape index (κ2) is 5.29. The highest BCUT2D eigenvalue weighted by Crippen LogP contribution is 2.33. The molecule has 4 nitrogen and oxygen atoms in total. The van der Waals surface area contributed by atoms with Crippen LogP contribution < -0.4 is 10.6 Å². The van der Waals surface area contributed by atoms with E-state index in [9.17, 15) is 4.79 Å². The van der Waals surface area contributed by atoms with Gasteiger partial charge in [-0.25, -0.2) is 0 Å². The van der Waals surface area contributed by atoms with Crippen molar-refractivity contribution in [3.63, 3.8) is 0 Å². The van der Waals surface area contributed by atoms with Crippen LogP contribution in [0.15, 0.2) is 4.99 Å². The van der Waals surface area contributed by atoms with Gasteiger partial charge in [-0.1, -0.05) is 26.2 Å². The summed E-state index contributed by atoms with van der Waals surface area (Å²) < 4.78 is 0. The topological polar surface area (TPSA) is 53.5 Å². The van der Waals surface area contributed by atoms with E-state index in [0.29, 0.717) is 5.96 Å². The molecule has 4 heteroatoms. The van der Waals surface area contributed by atoms with Gasteiger partial charge in [-0.05, 0) is 39.0 Å². The first-order chi connectivity index (χ1) is 8.55. The summed E-state index contributed by atoms with van der Waals surface area (Å²) >= 11 is 0. The summed E-state index contributed by atoms with van der Waals surface area (Å²) in [5, 5.41) is 6.27. The van der Waals surface area contributed by atoms with E-state index in [1.54, 1.807) is 0 Å². The van der Waals surface area contributed by atoms with E-state index < -0.39 is 0 Å². The molecule has 2 atom stereocenters. The van der Waals surface area contributed by atoms with Gasteiger partial charge in [-0.3, -0.25) is 15.1 Å². The van der Waals surface area contributed by atoms with Crippen molar-refractivity contribution >= 4 is 11.9 Å². The molecule has 1 heterocycles. The van der Waals surface area contributed by atoms with Gasteiger partial charge >= 0.3 is 0 Å². The maximum absolute atomic E-state index is 12.2. The van der Waals surface area contributed by atoms with Crippen LogP contribution in [-0.4, -0.2) is 23.4 Å². The smallest absolute Gasteiger partial charge is 0.252 e. The van der Waals surface area contributed by atoms with E-state index in [0.717, 1.165) is 31.6 Å². The van der Waals surface area contributed by atoms with Gasteiger partial charge in [0.25, 0.3) is 5.91 Å². The molecular formula is C14H25N3O. The Balaban J connectivity index is 2.09. The van der Waals surface area contributed by atoms with E-state index >= 15 is 0 Å². The predicted octanol–water partition coefficient (Wildman–Crippen LogP) is 2.20. The van der Waals surface area contributed by atoms with E-state index in [4.69, 9.17) is 0 Å². The quantitative estimate of drug-likeness (QED) is 0.790. The standard InChI is InChI=1S/C14H25N3O/c1-4-11-6-5-8-14(9-7-11)12(18)16-13(17-14)15-10(2)3/h10-11H,4-9H2,1-3H3,(H2,15,16,17,18). The number of aliphatic imine (C=N–C) groups is 1. The van der Waals surface area contributed by atoms with Crippen LogP contribution in [0.1, 0.15) is 59.3 Å². The molecule has 1 aliphatic heterocycles. The summed E-state index contributed by atoms with van der Waals surface area (Å²) in [6.45, 7) is 6.29. The fourth-order valence-electron chi connectivity index (χ4n) is 3.04. The summed E-state index contributed by atoms with van der Waals surface area (Å²) in [5.74, 6) is 1.58. The zero-order valence-corrected chi connectivity index (χ0v) is 11.8. The lowest BCUT2D eigenvalue weighted by atomic mass is 9.89. The first-order valence-corrected chi connectivity index (χ1v) is 7.23. The van der Waals surface area contributed by atoms with Crippen LogP contribution in [0.25, 0.3) is 0 Å². The Labute approximate surface area is 110 Å². The number of carbonyl (C=O) groups is 1. The van der Waals surface area contributed by atoms with Gasteiger partial charge in [0.2, 0.25) is 0 Å². The van der Waals surface area contributed by atoms with Crippen molar-refractivity contribution in [2.45, 2.75) is 70.9 Å². The van der Waals surface area contributed by atoms with Gasteiger partial charge in [-0.2, -0.15) is 0 Å². The molecule has 1 saturated carbocycles. The molecule has 1 saturated heterocycles. The van der Waals surface area contributed by atoms with E-state index in [2.05, 4.69) is 22.5 Å². The third-order valence-corrected chi connectivity index (χ3v) is 4.18. The van der Waals surface area contributed by atoms with Crippen molar-refractivity contribution in [3.05, 3.63) is 0 Å². The molecule has 2 fully saturated rings. The fourth-order valence-corrected chi connectivity index (χ4v) is 3.04. The molecule has 0 aromatic heterocycles. The van der Waals surface area contributed by atoms with Crippen LogP contribution in [0.4, 0.5) is 0 Å². The molecular weight excluding hydrogens is 226 g/mol. The molecule has 1 aliphatic carbocycles. The largest absolute Gasteiger partial charge is 0.342 e. The number of rotatable bonds is 2. The summed E-state index contributed by atoms with van der Waals surface area (Å²) in [6, 6.07) is 0.206. The zero-order valence-electron chi connectivity index (χ0n) is 11.8. The van der Waals surface area contributed by atoms with Gasteiger partial charge in [0.1, 0.15) is 5.54 Å². The summed E-state index contributed by atoms with van der Waals surface area (Å²) in [7, 11) is 0. The number of hydrogen-bond acceptors (Lipinski definition) is 2. The first-order valence-electron chi connectivity index (χ1n) is 7.23. The van der Waals surface area contributed by atoms with Crippen molar-refractivity contribution in [2.75, 3.05) is 0 Å². The highest BCUT2D eigenvalue weighted by Gasteiger charge is 2.45. The monoisotopic (exact) mass is 251 g/mol. The molecule has 0 aromatic carbocycles. The lowest BCUT2D eigenvalue weighted by Crippen LogP contribution is -2.46. The zero-order chi connectivity index (χ0) is 13.2. The lowest BCUT2D eigenvalue weighted by Gasteiger charge is -2.24. The average molecular weight is 251 g/mol. The maximum Gasteiger partial charge on any atom is 0.252 e. The highest BCUT2D eigenvalue weighted by atomic mass is 16.2. The normalized spacial score (nSPS) is 34.8. The molecule has 1 spiro atoms. The number of nitrogens with zero attached hydrogens (tertiary/aromatic N) is 1. The third-order valence-electron chi connectivity index (χ3n) is 4.18. The van der Waals surface area contributed by atoms with Crippen LogP contribution in [0.2, 0.25) is 0 Å². The number of amides is 1. The Morgan fingerprint density at radius 2 is 2.17 bits per heavy atom. The molecule has 18 heavy (non-hydrogen) atoms. The maximum atomic E-state index is 12.2. The SMILES string of the molecule is CCC1CCCC2(CC1)NC(=NC(C)C)NC2=O. The Bertz CT molecular complexity index is 351. The molecule has 0 bridgehead atoms. The van der Waals surface area contributed by atoms with Crippen molar-refractivity contribution in [1.29, 1.82) is 0 Å². The number of carbonyl (C=O) groups excluding carboxylic acids is 1. The summed E-state index contributed by atoms with van der Waals surface area (Å²) in [4.78, 5) is 16.7. The van der Waals surface area contributed by atoms with Crippen LogP contribution in [-0.2, 0) is 4.79 Å². The first kappa shape index (κ1) is 13.4. The summed E-state index contributed by atoms with van der Waals surface area (Å²) in [6.07, 6.45) is 6.63. The van der Waals surface area contributed by atoms with Gasteiger partial charge in [0, 0.05) is 6.04 Å². The molecule has 102 valence electrons. The highest BCUT2D eigenvalue weighted by molar-refractivity contribution is 6.09. The van der Waals surface area contributed by atoms with Gasteiger partial charge in [0.15, 0.2) is 5.96 Å². The van der Waals surface area contributed by atoms with Crippen LogP contribution >= 0.6 is 0 Å². The summed E-state index contributed by atoms with van der Waals surface area (Å²) in [5.41, 5.74) is -0.377. The van der Waals surface area contributed by atoms with Gasteiger partial charge < -0.3 is 5.32 Å². The van der Waals surface area contributed by atoms with Crippen LogP contribution in [0, 0.1) is 5.92 Å². The van der Waals surface area contributed by atoms with Crippen LogP contribution in [0.3, 0.4) is 0 Å². The number of hydrogen-bond donors (Lipinski definition) is 2. The predicted molar refractivity (Wildman–Crippen MR) is 73.4 cm³/mol. The number of guanidine groups is 1. The third kappa shape index (κ3) is 2.68. The second-order valence-corrected chi connectivity index (χ2v) is 5.94.